The predicted molar refractivity (Wildman–Crippen MR) is 106 cm³/mol. The van der Waals surface area contributed by atoms with E-state index in [1.54, 1.807) is 12.0 Å². The molecule has 1 aromatic rings. The number of pyridine rings is 1. The van der Waals surface area contributed by atoms with Gasteiger partial charge < -0.3 is 15.0 Å². The first-order chi connectivity index (χ1) is 13.5. The van der Waals surface area contributed by atoms with Gasteiger partial charge in [0.25, 0.3) is 5.91 Å². The standard InChI is InChI=1S/C21H27FN4O2/c1-14-6-7-19(24-11-14)15(2)25-20(28-3)16-5-4-10-26(13-16)21(27)17-8-9-23-12-18(17)22/h7-9,11-12,15-16,24H,4-6,10,13H2,1-3H3/t15?,16-/m0/s1. The molecule has 0 aliphatic carbocycles. The van der Waals surface area contributed by atoms with Crippen LogP contribution in [-0.2, 0) is 4.74 Å². The molecule has 0 saturated carbocycles. The first-order valence-electron chi connectivity index (χ1n) is 9.62. The summed E-state index contributed by atoms with van der Waals surface area (Å²) in [6, 6.07) is 1.36. The molecule has 1 fully saturated rings. The van der Waals surface area contributed by atoms with Crippen molar-refractivity contribution in [2.45, 2.75) is 39.2 Å². The molecular weight excluding hydrogens is 359 g/mol. The zero-order valence-electron chi connectivity index (χ0n) is 16.6. The number of methoxy groups -OCH3 is 1. The maximum Gasteiger partial charge on any atom is 0.256 e. The third-order valence-electron chi connectivity index (χ3n) is 5.17. The van der Waals surface area contributed by atoms with Crippen LogP contribution < -0.4 is 5.32 Å². The molecule has 3 heterocycles. The average molecular weight is 386 g/mol. The monoisotopic (exact) mass is 386 g/mol. The van der Waals surface area contributed by atoms with Gasteiger partial charge in [0.15, 0.2) is 11.7 Å². The van der Waals surface area contributed by atoms with Gasteiger partial charge in [-0.05, 0) is 45.4 Å². The van der Waals surface area contributed by atoms with Gasteiger partial charge in [0.2, 0.25) is 0 Å². The number of nitrogens with zero attached hydrogens (tertiary/aromatic N) is 3. The summed E-state index contributed by atoms with van der Waals surface area (Å²) in [6.07, 6.45) is 9.25. The Kier molecular flexibility index (Phi) is 6.44. The van der Waals surface area contributed by atoms with Gasteiger partial charge in [0, 0.05) is 25.0 Å². The summed E-state index contributed by atoms with van der Waals surface area (Å²) in [4.78, 5) is 22.9. The van der Waals surface area contributed by atoms with Gasteiger partial charge in [-0.1, -0.05) is 11.6 Å². The number of nitrogens with one attached hydrogen (secondary N) is 1. The van der Waals surface area contributed by atoms with E-state index in [9.17, 15) is 9.18 Å². The number of aliphatic imine (C=N–C) groups is 1. The molecule has 0 bridgehead atoms. The largest absolute Gasteiger partial charge is 0.484 e. The van der Waals surface area contributed by atoms with Crippen LogP contribution >= 0.6 is 0 Å². The number of amides is 1. The van der Waals surface area contributed by atoms with Crippen molar-refractivity contribution in [1.82, 2.24) is 15.2 Å². The summed E-state index contributed by atoms with van der Waals surface area (Å²) < 4.78 is 19.5. The van der Waals surface area contributed by atoms with E-state index in [1.165, 1.54) is 17.8 Å². The summed E-state index contributed by atoms with van der Waals surface area (Å²) in [5.74, 6) is -0.279. The van der Waals surface area contributed by atoms with Crippen molar-refractivity contribution < 1.29 is 13.9 Å². The lowest BCUT2D eigenvalue weighted by Crippen LogP contribution is -2.43. The molecule has 3 rings (SSSR count). The van der Waals surface area contributed by atoms with Gasteiger partial charge in [-0.15, -0.1) is 0 Å². The number of aromatic nitrogens is 1. The fourth-order valence-corrected chi connectivity index (χ4v) is 3.55. The van der Waals surface area contributed by atoms with Gasteiger partial charge in [-0.2, -0.15) is 0 Å². The zero-order valence-corrected chi connectivity index (χ0v) is 16.6. The molecule has 2 aliphatic rings. The average Bonchev–Trinajstić information content (AvgIpc) is 2.72. The molecule has 1 N–H and O–H groups in total. The Bertz CT molecular complexity index is 818. The Labute approximate surface area is 165 Å². The Morgan fingerprint density at radius 1 is 1.50 bits per heavy atom. The Morgan fingerprint density at radius 2 is 2.32 bits per heavy atom. The third-order valence-corrected chi connectivity index (χ3v) is 5.17. The lowest BCUT2D eigenvalue weighted by Gasteiger charge is -2.33. The molecule has 0 aromatic carbocycles. The molecule has 2 atom stereocenters. The van der Waals surface area contributed by atoms with E-state index < -0.39 is 5.82 Å². The number of ether oxygens (including phenoxy) is 1. The van der Waals surface area contributed by atoms with Crippen molar-refractivity contribution in [1.29, 1.82) is 0 Å². The molecule has 28 heavy (non-hydrogen) atoms. The van der Waals surface area contributed by atoms with Crippen LogP contribution in [0.3, 0.4) is 0 Å². The van der Waals surface area contributed by atoms with Crippen LogP contribution in [0.25, 0.3) is 0 Å². The fourth-order valence-electron chi connectivity index (χ4n) is 3.55. The van der Waals surface area contributed by atoms with Crippen molar-refractivity contribution in [2.75, 3.05) is 20.2 Å². The number of halogens is 1. The molecule has 1 unspecified atom stereocenters. The third kappa shape index (κ3) is 4.58. The van der Waals surface area contributed by atoms with Crippen LogP contribution in [0, 0.1) is 11.7 Å². The number of dihydropyridines is 1. The van der Waals surface area contributed by atoms with Gasteiger partial charge in [0.05, 0.1) is 30.8 Å². The summed E-state index contributed by atoms with van der Waals surface area (Å²) in [5, 5.41) is 3.28. The van der Waals surface area contributed by atoms with Crippen LogP contribution in [0.1, 0.15) is 43.5 Å². The number of rotatable bonds is 4. The second-order valence-corrected chi connectivity index (χ2v) is 7.29. The highest BCUT2D eigenvalue weighted by molar-refractivity contribution is 5.94. The molecule has 1 amide bonds. The van der Waals surface area contributed by atoms with Crippen LogP contribution in [0.2, 0.25) is 0 Å². The van der Waals surface area contributed by atoms with E-state index in [0.29, 0.717) is 19.0 Å². The first-order valence-corrected chi connectivity index (χ1v) is 9.62. The first kappa shape index (κ1) is 20.0. The Morgan fingerprint density at radius 3 is 3.00 bits per heavy atom. The highest BCUT2D eigenvalue weighted by Crippen LogP contribution is 2.22. The van der Waals surface area contributed by atoms with Crippen LogP contribution in [0.5, 0.6) is 0 Å². The minimum absolute atomic E-state index is 0.00322. The molecule has 1 saturated heterocycles. The lowest BCUT2D eigenvalue weighted by atomic mass is 9.96. The maximum atomic E-state index is 13.9. The van der Waals surface area contributed by atoms with Crippen molar-refractivity contribution in [3.63, 3.8) is 0 Å². The number of carbonyl (C=O) groups excluding carboxylic acids is 1. The normalized spacial score (nSPS) is 21.4. The number of piperidine rings is 1. The number of carbonyl (C=O) groups is 1. The van der Waals surface area contributed by atoms with E-state index in [2.05, 4.69) is 23.3 Å². The molecule has 150 valence electrons. The van der Waals surface area contributed by atoms with Gasteiger partial charge in [-0.25, -0.2) is 9.38 Å². The molecule has 0 spiro atoms. The minimum atomic E-state index is -0.595. The quantitative estimate of drug-likeness (QED) is 0.637. The zero-order chi connectivity index (χ0) is 20.1. The number of hydrogen-bond donors (Lipinski definition) is 1. The van der Waals surface area contributed by atoms with E-state index in [0.717, 1.165) is 31.2 Å². The molecule has 6 nitrogen and oxygen atoms in total. The van der Waals surface area contributed by atoms with E-state index in [1.807, 2.05) is 13.1 Å². The van der Waals surface area contributed by atoms with Crippen LogP contribution in [-0.4, -0.2) is 47.9 Å². The van der Waals surface area contributed by atoms with Crippen molar-refractivity contribution >= 4 is 11.8 Å². The fraction of sp³-hybridized carbons (Fsp3) is 0.476. The maximum absolute atomic E-state index is 13.9. The van der Waals surface area contributed by atoms with E-state index in [-0.39, 0.29) is 23.4 Å². The second-order valence-electron chi connectivity index (χ2n) is 7.29. The topological polar surface area (TPSA) is 66.8 Å². The number of allylic oxidation sites excluding steroid dienone is 2. The molecule has 0 radical (unpaired) electrons. The summed E-state index contributed by atoms with van der Waals surface area (Å²) in [6.45, 7) is 5.16. The van der Waals surface area contributed by atoms with Crippen molar-refractivity contribution in [3.05, 3.63) is 53.4 Å². The highest BCUT2D eigenvalue weighted by Gasteiger charge is 2.30. The minimum Gasteiger partial charge on any atom is -0.484 e. The van der Waals surface area contributed by atoms with E-state index in [4.69, 9.17) is 9.73 Å². The van der Waals surface area contributed by atoms with E-state index >= 15 is 0 Å². The number of likely N-dealkylation sites (tertiary alicyclic amines) is 1. The molecule has 7 heteroatoms. The Balaban J connectivity index is 1.71. The van der Waals surface area contributed by atoms with Gasteiger partial charge >= 0.3 is 0 Å². The number of hydrogen-bond acceptors (Lipinski definition) is 5. The van der Waals surface area contributed by atoms with Crippen molar-refractivity contribution in [2.24, 2.45) is 10.9 Å². The lowest BCUT2D eigenvalue weighted by molar-refractivity contribution is 0.0689. The molecule has 1 aromatic heterocycles. The molecule has 2 aliphatic heterocycles. The summed E-state index contributed by atoms with van der Waals surface area (Å²) >= 11 is 0. The van der Waals surface area contributed by atoms with Gasteiger partial charge in [-0.3, -0.25) is 9.78 Å². The predicted octanol–water partition coefficient (Wildman–Crippen LogP) is 3.29. The van der Waals surface area contributed by atoms with Crippen LogP contribution in [0.4, 0.5) is 4.39 Å². The Hall–Kier alpha value is -2.70. The van der Waals surface area contributed by atoms with Crippen LogP contribution in [0.15, 0.2) is 47.0 Å². The SMILES string of the molecule is COC(=NC(C)C1=CCC(C)=CN1)[C@H]1CCCN(C(=O)c2ccncc2F)C1. The summed E-state index contributed by atoms with van der Waals surface area (Å²) in [7, 11) is 1.61. The van der Waals surface area contributed by atoms with Gasteiger partial charge in [0.1, 0.15) is 0 Å². The smallest absolute Gasteiger partial charge is 0.256 e. The highest BCUT2D eigenvalue weighted by atomic mass is 19.1. The second kappa shape index (κ2) is 8.99. The summed E-state index contributed by atoms with van der Waals surface area (Å²) in [5.41, 5.74) is 2.37. The van der Waals surface area contributed by atoms with Crippen molar-refractivity contribution in [3.8, 4) is 0 Å². The molecular formula is C21H27FN4O2.